The number of benzene rings is 3. The van der Waals surface area contributed by atoms with Crippen molar-refractivity contribution in [1.82, 2.24) is 0 Å². The smallest absolute Gasteiger partial charge is 0.0176 e. The quantitative estimate of drug-likeness (QED) is 0.155. The highest BCUT2D eigenvalue weighted by molar-refractivity contribution is 7.68. The van der Waals surface area contributed by atoms with E-state index >= 15 is 0 Å². The lowest BCUT2D eigenvalue weighted by molar-refractivity contribution is 0.243. The van der Waals surface area contributed by atoms with E-state index in [-0.39, 0.29) is 5.41 Å². The fourth-order valence-electron chi connectivity index (χ4n) is 4.94. The van der Waals surface area contributed by atoms with Crippen molar-refractivity contribution in [2.24, 2.45) is 5.41 Å². The van der Waals surface area contributed by atoms with Gasteiger partial charge in [0.05, 0.1) is 0 Å². The minimum atomic E-state index is 0.240. The van der Waals surface area contributed by atoms with Gasteiger partial charge in [-0.3, -0.25) is 0 Å². The van der Waals surface area contributed by atoms with Gasteiger partial charge in [0.1, 0.15) is 0 Å². The van der Waals surface area contributed by atoms with Gasteiger partial charge >= 0.3 is 0 Å². The molecule has 3 aromatic rings. The van der Waals surface area contributed by atoms with E-state index in [1.807, 2.05) is 0 Å². The largest absolute Gasteiger partial charge is 0.100 e. The minimum Gasteiger partial charge on any atom is -0.100 e. The second-order valence-electron chi connectivity index (χ2n) is 9.24. The molecule has 0 aliphatic carbocycles. The highest BCUT2D eigenvalue weighted by atomic mass is 35.7. The van der Waals surface area contributed by atoms with Crippen LogP contribution in [0.15, 0.2) is 91.0 Å². The molecule has 2 heteroatoms. The molecule has 0 amide bonds. The SMILES string of the molecule is ClPCCCCCCCCC(Cc1ccccc1)(Cc1ccccc1)Cc1ccccc1. The summed E-state index contributed by atoms with van der Waals surface area (Å²) in [6.07, 6.45) is 13.8. The Morgan fingerprint density at radius 3 is 1.28 bits per heavy atom. The van der Waals surface area contributed by atoms with E-state index in [1.165, 1.54) is 67.8 Å². The number of hydrogen-bond donors (Lipinski definition) is 0. The molecule has 3 aromatic carbocycles. The zero-order valence-electron chi connectivity index (χ0n) is 19.3. The summed E-state index contributed by atoms with van der Waals surface area (Å²) in [6.45, 7) is 0. The molecule has 0 heterocycles. The lowest BCUT2D eigenvalue weighted by atomic mass is 9.69. The number of halogens is 1. The van der Waals surface area contributed by atoms with E-state index in [0.717, 1.165) is 19.3 Å². The van der Waals surface area contributed by atoms with Gasteiger partial charge in [-0.25, -0.2) is 0 Å². The molecule has 3 rings (SSSR count). The van der Waals surface area contributed by atoms with E-state index in [2.05, 4.69) is 91.0 Å². The Kier molecular flexibility index (Phi) is 11.3. The molecule has 0 fully saturated rings. The standard InChI is InChI=1S/C30H38ClP/c31-32-23-15-4-2-1-3-14-22-30(24-27-16-8-5-9-17-27,25-28-18-10-6-11-19-28)26-29-20-12-7-13-21-29/h5-13,16-21,32H,1-4,14-15,22-26H2. The third-order valence-corrected chi connectivity index (χ3v) is 7.60. The summed E-state index contributed by atoms with van der Waals surface area (Å²) < 4.78 is 0. The molecule has 0 aromatic heterocycles. The van der Waals surface area contributed by atoms with Crippen LogP contribution < -0.4 is 0 Å². The second kappa shape index (κ2) is 14.5. The number of rotatable bonds is 15. The highest BCUT2D eigenvalue weighted by Gasteiger charge is 2.30. The van der Waals surface area contributed by atoms with Crippen molar-refractivity contribution in [3.05, 3.63) is 108 Å². The second-order valence-corrected chi connectivity index (χ2v) is 10.8. The zero-order chi connectivity index (χ0) is 22.3. The Bertz CT molecular complexity index is 746. The average Bonchev–Trinajstić information content (AvgIpc) is 2.83. The third kappa shape index (κ3) is 9.09. The van der Waals surface area contributed by atoms with Crippen LogP contribution in [0.4, 0.5) is 0 Å². The van der Waals surface area contributed by atoms with Crippen molar-refractivity contribution in [3.63, 3.8) is 0 Å². The molecule has 0 saturated heterocycles. The van der Waals surface area contributed by atoms with Crippen molar-refractivity contribution in [2.75, 3.05) is 6.16 Å². The molecule has 0 saturated carbocycles. The lowest BCUT2D eigenvalue weighted by Crippen LogP contribution is -2.30. The first-order valence-electron chi connectivity index (χ1n) is 12.2. The molecule has 0 nitrogen and oxygen atoms in total. The molecule has 1 atom stereocenters. The summed E-state index contributed by atoms with van der Waals surface area (Å²) in [7, 11) is 0.593. The Morgan fingerprint density at radius 1 is 0.500 bits per heavy atom. The molecule has 0 N–H and O–H groups in total. The fourth-order valence-corrected chi connectivity index (χ4v) is 5.72. The van der Waals surface area contributed by atoms with Crippen molar-refractivity contribution >= 4 is 19.2 Å². The summed E-state index contributed by atoms with van der Waals surface area (Å²) >= 11 is 5.84. The van der Waals surface area contributed by atoms with Crippen molar-refractivity contribution < 1.29 is 0 Å². The predicted octanol–water partition coefficient (Wildman–Crippen LogP) is 9.26. The maximum atomic E-state index is 5.84. The van der Waals surface area contributed by atoms with Gasteiger partial charge in [-0.2, -0.15) is 0 Å². The summed E-state index contributed by atoms with van der Waals surface area (Å²) in [4.78, 5) is 0. The summed E-state index contributed by atoms with van der Waals surface area (Å²) in [6, 6.07) is 33.4. The van der Waals surface area contributed by atoms with Crippen molar-refractivity contribution in [3.8, 4) is 0 Å². The minimum absolute atomic E-state index is 0.240. The summed E-state index contributed by atoms with van der Waals surface area (Å²) in [5.74, 6) is 0. The molecule has 0 aliphatic rings. The summed E-state index contributed by atoms with van der Waals surface area (Å²) in [5.41, 5.74) is 4.62. The maximum Gasteiger partial charge on any atom is -0.0176 e. The molecule has 0 spiro atoms. The molecule has 32 heavy (non-hydrogen) atoms. The Morgan fingerprint density at radius 2 is 0.875 bits per heavy atom. The van der Waals surface area contributed by atoms with Crippen LogP contribution in [0.5, 0.6) is 0 Å². The molecule has 0 radical (unpaired) electrons. The fraction of sp³-hybridized carbons (Fsp3) is 0.400. The number of unbranched alkanes of at least 4 members (excludes halogenated alkanes) is 5. The van der Waals surface area contributed by atoms with Crippen LogP contribution in [-0.2, 0) is 19.3 Å². The van der Waals surface area contributed by atoms with E-state index < -0.39 is 0 Å². The third-order valence-electron chi connectivity index (χ3n) is 6.49. The molecular formula is C30H38ClP. The van der Waals surface area contributed by atoms with E-state index in [9.17, 15) is 0 Å². The van der Waals surface area contributed by atoms with Crippen LogP contribution in [0.2, 0.25) is 0 Å². The van der Waals surface area contributed by atoms with Gasteiger partial charge in [0.25, 0.3) is 0 Å². The van der Waals surface area contributed by atoms with Gasteiger partial charge in [0, 0.05) is 0 Å². The van der Waals surface area contributed by atoms with Crippen LogP contribution >= 0.6 is 19.2 Å². The molecule has 0 aliphatic heterocycles. The van der Waals surface area contributed by atoms with E-state index in [4.69, 9.17) is 11.2 Å². The Hall–Kier alpha value is -1.62. The molecule has 1 unspecified atom stereocenters. The topological polar surface area (TPSA) is 0 Å². The number of hydrogen-bond acceptors (Lipinski definition) is 0. The lowest BCUT2D eigenvalue weighted by Gasteiger charge is -2.35. The molecule has 0 bridgehead atoms. The average molecular weight is 465 g/mol. The van der Waals surface area contributed by atoms with E-state index in [0.29, 0.717) is 7.93 Å². The first kappa shape index (κ1) is 25.0. The van der Waals surface area contributed by atoms with Crippen LogP contribution in [0.3, 0.4) is 0 Å². The van der Waals surface area contributed by atoms with Gasteiger partial charge in [-0.1, -0.05) is 123 Å². The van der Waals surface area contributed by atoms with Crippen LogP contribution in [0, 0.1) is 5.41 Å². The van der Waals surface area contributed by atoms with Crippen molar-refractivity contribution in [1.29, 1.82) is 0 Å². The van der Waals surface area contributed by atoms with Crippen LogP contribution in [0.1, 0.15) is 61.6 Å². The predicted molar refractivity (Wildman–Crippen MR) is 144 cm³/mol. The van der Waals surface area contributed by atoms with Crippen LogP contribution in [-0.4, -0.2) is 6.16 Å². The van der Waals surface area contributed by atoms with E-state index in [1.54, 1.807) is 0 Å². The Balaban J connectivity index is 1.74. The Labute approximate surface area is 202 Å². The first-order chi connectivity index (χ1) is 15.8. The zero-order valence-corrected chi connectivity index (χ0v) is 21.1. The molecule has 170 valence electrons. The van der Waals surface area contributed by atoms with Gasteiger partial charge < -0.3 is 0 Å². The van der Waals surface area contributed by atoms with Gasteiger partial charge in [-0.05, 0) is 68.3 Å². The molecular weight excluding hydrogens is 427 g/mol. The maximum absolute atomic E-state index is 5.84. The monoisotopic (exact) mass is 464 g/mol. The van der Waals surface area contributed by atoms with Gasteiger partial charge in [0.2, 0.25) is 0 Å². The first-order valence-corrected chi connectivity index (χ1v) is 14.5. The van der Waals surface area contributed by atoms with Gasteiger partial charge in [-0.15, -0.1) is 11.2 Å². The van der Waals surface area contributed by atoms with Crippen LogP contribution in [0.25, 0.3) is 0 Å². The highest BCUT2D eigenvalue weighted by Crippen LogP contribution is 2.37. The van der Waals surface area contributed by atoms with Crippen molar-refractivity contribution in [2.45, 2.75) is 64.2 Å². The summed E-state index contributed by atoms with van der Waals surface area (Å²) in [5, 5.41) is 0. The normalized spacial score (nSPS) is 11.9. The van der Waals surface area contributed by atoms with Gasteiger partial charge in [0.15, 0.2) is 0 Å².